The fourth-order valence-electron chi connectivity index (χ4n) is 1.07. The van der Waals surface area contributed by atoms with Gasteiger partial charge in [-0.1, -0.05) is 27.7 Å². The topological polar surface area (TPSA) is 21.3 Å². The Hall–Kier alpha value is -0.0800. The lowest BCUT2D eigenvalue weighted by atomic mass is 9.90. The minimum absolute atomic E-state index is 0.404. The molecule has 1 atom stereocenters. The predicted octanol–water partition coefficient (Wildman–Crippen LogP) is 2.44. The molecule has 80 valence electrons. The molecule has 0 rings (SSSR count). The van der Waals surface area contributed by atoms with Crippen LogP contribution >= 0.6 is 0 Å². The summed E-state index contributed by atoms with van der Waals surface area (Å²) in [6.07, 6.45) is 2.34. The van der Waals surface area contributed by atoms with Crippen molar-refractivity contribution in [2.75, 3.05) is 20.3 Å². The number of rotatable bonds is 7. The average Bonchev–Trinajstić information content (AvgIpc) is 2.12. The zero-order chi connectivity index (χ0) is 10.3. The second-order valence-electron chi connectivity index (χ2n) is 4.46. The van der Waals surface area contributed by atoms with Gasteiger partial charge in [-0.3, -0.25) is 0 Å². The summed E-state index contributed by atoms with van der Waals surface area (Å²) in [5.41, 5.74) is 0.404. The lowest BCUT2D eigenvalue weighted by Gasteiger charge is -2.26. The smallest absolute Gasteiger partial charge is 0.0615 e. The van der Waals surface area contributed by atoms with Crippen LogP contribution in [0, 0.1) is 5.41 Å². The van der Waals surface area contributed by atoms with E-state index < -0.39 is 0 Å². The highest BCUT2D eigenvalue weighted by atomic mass is 16.5. The Morgan fingerprint density at radius 2 is 1.92 bits per heavy atom. The standard InChI is InChI=1S/C11H25NO/c1-6-10(8-13-5)12-9-11(3,4)7-2/h10,12H,6-9H2,1-5H3. The Balaban J connectivity index is 3.70. The molecule has 0 aromatic carbocycles. The molecule has 0 radical (unpaired) electrons. The zero-order valence-electron chi connectivity index (χ0n) is 9.81. The molecule has 2 nitrogen and oxygen atoms in total. The Bertz CT molecular complexity index is 123. The summed E-state index contributed by atoms with van der Waals surface area (Å²) in [5.74, 6) is 0. The summed E-state index contributed by atoms with van der Waals surface area (Å²) in [7, 11) is 1.76. The lowest BCUT2D eigenvalue weighted by Crippen LogP contribution is -2.39. The molecule has 0 amide bonds. The second-order valence-corrected chi connectivity index (χ2v) is 4.46. The molecule has 0 aliphatic carbocycles. The molecule has 0 fully saturated rings. The van der Waals surface area contributed by atoms with Crippen molar-refractivity contribution in [2.45, 2.75) is 46.6 Å². The first-order valence-electron chi connectivity index (χ1n) is 5.28. The van der Waals surface area contributed by atoms with Crippen LogP contribution in [-0.2, 0) is 4.74 Å². The van der Waals surface area contributed by atoms with E-state index in [0.717, 1.165) is 19.6 Å². The SMILES string of the molecule is CCC(COC)NCC(C)(C)CC. The highest BCUT2D eigenvalue weighted by Crippen LogP contribution is 2.18. The average molecular weight is 187 g/mol. The molecule has 1 N–H and O–H groups in total. The van der Waals surface area contributed by atoms with E-state index in [2.05, 4.69) is 33.0 Å². The molecule has 0 spiro atoms. The first-order valence-corrected chi connectivity index (χ1v) is 5.28. The van der Waals surface area contributed by atoms with E-state index in [1.54, 1.807) is 7.11 Å². The zero-order valence-corrected chi connectivity index (χ0v) is 9.81. The third kappa shape index (κ3) is 6.05. The molecule has 0 aromatic heterocycles. The normalized spacial score (nSPS) is 14.5. The summed E-state index contributed by atoms with van der Waals surface area (Å²) in [6, 6.07) is 0.510. The van der Waals surface area contributed by atoms with Crippen LogP contribution in [0.5, 0.6) is 0 Å². The van der Waals surface area contributed by atoms with E-state index in [9.17, 15) is 0 Å². The second kappa shape index (κ2) is 6.39. The number of methoxy groups -OCH3 is 1. The first-order chi connectivity index (χ1) is 6.05. The summed E-state index contributed by atoms with van der Waals surface area (Å²) >= 11 is 0. The van der Waals surface area contributed by atoms with Crippen LogP contribution in [0.25, 0.3) is 0 Å². The van der Waals surface area contributed by atoms with Gasteiger partial charge >= 0.3 is 0 Å². The van der Waals surface area contributed by atoms with Crippen LogP contribution in [0.2, 0.25) is 0 Å². The number of nitrogens with one attached hydrogen (secondary N) is 1. The Morgan fingerprint density at radius 3 is 2.31 bits per heavy atom. The van der Waals surface area contributed by atoms with Crippen molar-refractivity contribution < 1.29 is 4.74 Å². The van der Waals surface area contributed by atoms with E-state index in [0.29, 0.717) is 11.5 Å². The van der Waals surface area contributed by atoms with E-state index in [-0.39, 0.29) is 0 Å². The van der Waals surface area contributed by atoms with Gasteiger partial charge in [0.2, 0.25) is 0 Å². The van der Waals surface area contributed by atoms with Crippen molar-refractivity contribution in [3.8, 4) is 0 Å². The van der Waals surface area contributed by atoms with E-state index >= 15 is 0 Å². The van der Waals surface area contributed by atoms with Crippen LogP contribution in [0.3, 0.4) is 0 Å². The van der Waals surface area contributed by atoms with Crippen LogP contribution in [-0.4, -0.2) is 26.3 Å². The molecule has 0 saturated carbocycles. The van der Waals surface area contributed by atoms with Crippen molar-refractivity contribution in [3.63, 3.8) is 0 Å². The van der Waals surface area contributed by atoms with Gasteiger partial charge in [0.1, 0.15) is 0 Å². The Morgan fingerprint density at radius 1 is 1.31 bits per heavy atom. The monoisotopic (exact) mass is 187 g/mol. The van der Waals surface area contributed by atoms with Crippen molar-refractivity contribution in [3.05, 3.63) is 0 Å². The van der Waals surface area contributed by atoms with E-state index in [1.807, 2.05) is 0 Å². The molecule has 0 saturated heterocycles. The van der Waals surface area contributed by atoms with Gasteiger partial charge in [0.25, 0.3) is 0 Å². The molecule has 0 heterocycles. The molecular formula is C11H25NO. The van der Waals surface area contributed by atoms with Gasteiger partial charge in [-0.05, 0) is 18.3 Å². The summed E-state index contributed by atoms with van der Waals surface area (Å²) in [4.78, 5) is 0. The van der Waals surface area contributed by atoms with Gasteiger partial charge in [-0.15, -0.1) is 0 Å². The predicted molar refractivity (Wildman–Crippen MR) is 58.0 cm³/mol. The van der Waals surface area contributed by atoms with Gasteiger partial charge < -0.3 is 10.1 Å². The van der Waals surface area contributed by atoms with Crippen molar-refractivity contribution >= 4 is 0 Å². The summed E-state index contributed by atoms with van der Waals surface area (Å²) in [5, 5.41) is 3.54. The summed E-state index contributed by atoms with van der Waals surface area (Å²) in [6.45, 7) is 10.9. The highest BCUT2D eigenvalue weighted by Gasteiger charge is 2.16. The van der Waals surface area contributed by atoms with Crippen LogP contribution in [0.1, 0.15) is 40.5 Å². The number of ether oxygens (including phenoxy) is 1. The van der Waals surface area contributed by atoms with Gasteiger partial charge in [-0.25, -0.2) is 0 Å². The molecule has 0 aliphatic heterocycles. The quantitative estimate of drug-likeness (QED) is 0.661. The van der Waals surface area contributed by atoms with Gasteiger partial charge in [0, 0.05) is 19.7 Å². The molecule has 0 aromatic rings. The first kappa shape index (κ1) is 12.9. The van der Waals surface area contributed by atoms with Crippen molar-refractivity contribution in [1.82, 2.24) is 5.32 Å². The molecule has 0 aliphatic rings. The maximum atomic E-state index is 5.13. The van der Waals surface area contributed by atoms with Crippen LogP contribution < -0.4 is 5.32 Å². The Labute approximate surface area is 83.1 Å². The number of hydrogen-bond acceptors (Lipinski definition) is 2. The maximum Gasteiger partial charge on any atom is 0.0615 e. The fourth-order valence-corrected chi connectivity index (χ4v) is 1.07. The van der Waals surface area contributed by atoms with Crippen LogP contribution in [0.15, 0.2) is 0 Å². The van der Waals surface area contributed by atoms with Gasteiger partial charge in [0.15, 0.2) is 0 Å². The molecule has 1 unspecified atom stereocenters. The van der Waals surface area contributed by atoms with Crippen LogP contribution in [0.4, 0.5) is 0 Å². The highest BCUT2D eigenvalue weighted by molar-refractivity contribution is 4.73. The molecular weight excluding hydrogens is 162 g/mol. The van der Waals surface area contributed by atoms with Crippen molar-refractivity contribution in [2.24, 2.45) is 5.41 Å². The van der Waals surface area contributed by atoms with Gasteiger partial charge in [0.05, 0.1) is 6.61 Å². The van der Waals surface area contributed by atoms with E-state index in [4.69, 9.17) is 4.74 Å². The maximum absolute atomic E-state index is 5.13. The third-order valence-corrected chi connectivity index (χ3v) is 2.69. The third-order valence-electron chi connectivity index (χ3n) is 2.69. The van der Waals surface area contributed by atoms with E-state index in [1.165, 1.54) is 6.42 Å². The largest absolute Gasteiger partial charge is 0.383 e. The summed E-state index contributed by atoms with van der Waals surface area (Å²) < 4.78 is 5.13. The van der Waals surface area contributed by atoms with Crippen molar-refractivity contribution in [1.29, 1.82) is 0 Å². The van der Waals surface area contributed by atoms with Gasteiger partial charge in [-0.2, -0.15) is 0 Å². The number of hydrogen-bond donors (Lipinski definition) is 1. The molecule has 0 bridgehead atoms. The lowest BCUT2D eigenvalue weighted by molar-refractivity contribution is 0.156. The fraction of sp³-hybridized carbons (Fsp3) is 1.00. The minimum Gasteiger partial charge on any atom is -0.383 e. The minimum atomic E-state index is 0.404. The molecule has 2 heteroatoms. The molecule has 13 heavy (non-hydrogen) atoms. The Kier molecular flexibility index (Phi) is 6.35.